The highest BCUT2D eigenvalue weighted by molar-refractivity contribution is 7.89. The largest absolute Gasteiger partial charge is 0.377 e. The number of nitrogens with zero attached hydrogens (tertiary/aromatic N) is 1. The van der Waals surface area contributed by atoms with Gasteiger partial charge in [0, 0.05) is 26.8 Å². The molecule has 6 heteroatoms. The molecule has 2 heterocycles. The molecule has 0 saturated carbocycles. The maximum Gasteiger partial charge on any atom is 0.243 e. The minimum Gasteiger partial charge on any atom is -0.377 e. The van der Waals surface area contributed by atoms with Crippen LogP contribution in [0.25, 0.3) is 0 Å². The molecule has 116 valence electrons. The predicted molar refractivity (Wildman–Crippen MR) is 78.7 cm³/mol. The van der Waals surface area contributed by atoms with E-state index < -0.39 is 15.6 Å². The zero-order valence-corrected chi connectivity index (χ0v) is 13.2. The van der Waals surface area contributed by atoms with Crippen LogP contribution >= 0.6 is 0 Å². The van der Waals surface area contributed by atoms with Crippen molar-refractivity contribution >= 4 is 10.0 Å². The van der Waals surface area contributed by atoms with Crippen LogP contribution < -0.4 is 0 Å². The van der Waals surface area contributed by atoms with Gasteiger partial charge in [0.15, 0.2) is 0 Å². The van der Waals surface area contributed by atoms with Crippen molar-refractivity contribution < 1.29 is 17.9 Å². The van der Waals surface area contributed by atoms with Gasteiger partial charge in [0.2, 0.25) is 10.0 Å². The quantitative estimate of drug-likeness (QED) is 0.850. The van der Waals surface area contributed by atoms with Gasteiger partial charge in [-0.25, -0.2) is 8.42 Å². The van der Waals surface area contributed by atoms with Gasteiger partial charge in [-0.1, -0.05) is 17.7 Å². The summed E-state index contributed by atoms with van der Waals surface area (Å²) in [5, 5.41) is 0. The topological polar surface area (TPSA) is 55.8 Å². The van der Waals surface area contributed by atoms with Gasteiger partial charge in [0.25, 0.3) is 0 Å². The Morgan fingerprint density at radius 3 is 2.62 bits per heavy atom. The first-order valence-corrected chi connectivity index (χ1v) is 8.65. The average molecular weight is 311 g/mol. The van der Waals surface area contributed by atoms with Crippen LogP contribution in [0.3, 0.4) is 0 Å². The third-order valence-electron chi connectivity index (χ3n) is 4.48. The van der Waals surface area contributed by atoms with Crippen LogP contribution in [0.15, 0.2) is 29.2 Å². The van der Waals surface area contributed by atoms with Crippen molar-refractivity contribution in [2.75, 3.05) is 26.8 Å². The number of benzene rings is 1. The molecule has 1 spiro atoms. The van der Waals surface area contributed by atoms with Gasteiger partial charge >= 0.3 is 0 Å². The van der Waals surface area contributed by atoms with E-state index in [0.717, 1.165) is 18.4 Å². The van der Waals surface area contributed by atoms with Crippen LogP contribution in [0.1, 0.15) is 18.4 Å². The van der Waals surface area contributed by atoms with E-state index in [1.54, 1.807) is 19.2 Å². The van der Waals surface area contributed by atoms with E-state index in [1.807, 2.05) is 19.1 Å². The Labute approximate surface area is 125 Å². The van der Waals surface area contributed by atoms with E-state index >= 15 is 0 Å². The van der Waals surface area contributed by atoms with E-state index in [9.17, 15) is 8.42 Å². The molecule has 2 fully saturated rings. The fourth-order valence-corrected chi connectivity index (χ4v) is 4.74. The Morgan fingerprint density at radius 1 is 1.33 bits per heavy atom. The van der Waals surface area contributed by atoms with Crippen molar-refractivity contribution in [3.8, 4) is 0 Å². The number of hydrogen-bond acceptors (Lipinski definition) is 4. The SMILES string of the molecule is CO[C@H]1CN(S(=O)(=O)c2ccc(C)cc2)C[C@@]12CCCO2. The summed E-state index contributed by atoms with van der Waals surface area (Å²) in [6, 6.07) is 6.96. The van der Waals surface area contributed by atoms with Gasteiger partial charge in [-0.3, -0.25) is 0 Å². The van der Waals surface area contributed by atoms with Crippen LogP contribution in [0.5, 0.6) is 0 Å². The first kappa shape index (κ1) is 15.0. The van der Waals surface area contributed by atoms with Crippen molar-refractivity contribution in [2.24, 2.45) is 0 Å². The summed E-state index contributed by atoms with van der Waals surface area (Å²) in [5.74, 6) is 0. The van der Waals surface area contributed by atoms with Gasteiger partial charge in [-0.05, 0) is 31.9 Å². The van der Waals surface area contributed by atoms with Crippen LogP contribution in [0.2, 0.25) is 0 Å². The Kier molecular flexibility index (Phi) is 3.81. The van der Waals surface area contributed by atoms with Crippen molar-refractivity contribution in [3.63, 3.8) is 0 Å². The average Bonchev–Trinajstić information content (AvgIpc) is 3.08. The highest BCUT2D eigenvalue weighted by Gasteiger charge is 2.53. The van der Waals surface area contributed by atoms with Gasteiger partial charge in [0.05, 0.1) is 4.90 Å². The van der Waals surface area contributed by atoms with Gasteiger partial charge in [0.1, 0.15) is 11.7 Å². The Bertz CT molecular complexity index is 605. The third-order valence-corrected chi connectivity index (χ3v) is 6.30. The van der Waals surface area contributed by atoms with E-state index in [-0.39, 0.29) is 6.10 Å². The van der Waals surface area contributed by atoms with Gasteiger partial charge in [-0.2, -0.15) is 4.31 Å². The van der Waals surface area contributed by atoms with Gasteiger partial charge < -0.3 is 9.47 Å². The van der Waals surface area contributed by atoms with Crippen LogP contribution in [-0.4, -0.2) is 51.2 Å². The number of aryl methyl sites for hydroxylation is 1. The molecule has 0 bridgehead atoms. The number of sulfonamides is 1. The first-order valence-electron chi connectivity index (χ1n) is 7.21. The number of hydrogen-bond donors (Lipinski definition) is 0. The highest BCUT2D eigenvalue weighted by Crippen LogP contribution is 2.38. The van der Waals surface area contributed by atoms with E-state index in [1.165, 1.54) is 4.31 Å². The molecular weight excluding hydrogens is 290 g/mol. The second kappa shape index (κ2) is 5.35. The van der Waals surface area contributed by atoms with Crippen molar-refractivity contribution in [1.29, 1.82) is 0 Å². The minimum absolute atomic E-state index is 0.194. The van der Waals surface area contributed by atoms with Crippen LogP contribution in [-0.2, 0) is 19.5 Å². The smallest absolute Gasteiger partial charge is 0.243 e. The fourth-order valence-electron chi connectivity index (χ4n) is 3.25. The maximum atomic E-state index is 12.8. The number of rotatable bonds is 3. The molecule has 0 unspecified atom stereocenters. The molecular formula is C15H21NO4S. The molecule has 2 aliphatic heterocycles. The lowest BCUT2D eigenvalue weighted by molar-refractivity contribution is -0.0753. The maximum absolute atomic E-state index is 12.8. The zero-order chi connectivity index (χ0) is 15.1. The Hall–Kier alpha value is -0.950. The summed E-state index contributed by atoms with van der Waals surface area (Å²) in [6.07, 6.45) is 1.61. The van der Waals surface area contributed by atoms with Crippen molar-refractivity contribution in [2.45, 2.75) is 36.4 Å². The predicted octanol–water partition coefficient (Wildman–Crippen LogP) is 1.56. The molecule has 5 nitrogen and oxygen atoms in total. The standard InChI is InChI=1S/C15H21NO4S/c1-12-4-6-13(7-5-12)21(17,18)16-10-14(19-2)15(11-16)8-3-9-20-15/h4-7,14H,3,8-11H2,1-2H3/t14-,15-/m0/s1. The molecule has 3 rings (SSSR count). The minimum atomic E-state index is -3.49. The molecule has 2 saturated heterocycles. The second-order valence-corrected chi connectivity index (χ2v) is 7.79. The molecule has 2 aliphatic rings. The monoisotopic (exact) mass is 311 g/mol. The highest BCUT2D eigenvalue weighted by atomic mass is 32.2. The molecule has 1 aromatic carbocycles. The van der Waals surface area contributed by atoms with Crippen LogP contribution in [0.4, 0.5) is 0 Å². The van der Waals surface area contributed by atoms with Crippen molar-refractivity contribution in [1.82, 2.24) is 4.31 Å². The summed E-state index contributed by atoms with van der Waals surface area (Å²) in [5.41, 5.74) is 0.577. The van der Waals surface area contributed by atoms with E-state index in [0.29, 0.717) is 24.6 Å². The van der Waals surface area contributed by atoms with E-state index in [2.05, 4.69) is 0 Å². The molecule has 1 aromatic rings. The Morgan fingerprint density at radius 2 is 2.05 bits per heavy atom. The van der Waals surface area contributed by atoms with Crippen molar-refractivity contribution in [3.05, 3.63) is 29.8 Å². The third kappa shape index (κ3) is 2.50. The second-order valence-electron chi connectivity index (χ2n) is 5.85. The summed E-state index contributed by atoms with van der Waals surface area (Å²) < 4.78 is 38.4. The summed E-state index contributed by atoms with van der Waals surface area (Å²) >= 11 is 0. The van der Waals surface area contributed by atoms with Crippen LogP contribution in [0, 0.1) is 6.92 Å². The molecule has 21 heavy (non-hydrogen) atoms. The molecule has 0 aliphatic carbocycles. The summed E-state index contributed by atoms with van der Waals surface area (Å²) in [7, 11) is -1.87. The number of methoxy groups -OCH3 is 1. The summed E-state index contributed by atoms with van der Waals surface area (Å²) in [6.45, 7) is 3.35. The normalized spacial score (nSPS) is 30.3. The lowest BCUT2D eigenvalue weighted by atomic mass is 9.97. The summed E-state index contributed by atoms with van der Waals surface area (Å²) in [4.78, 5) is 0.331. The lowest BCUT2D eigenvalue weighted by Gasteiger charge is -2.27. The van der Waals surface area contributed by atoms with Gasteiger partial charge in [-0.15, -0.1) is 0 Å². The fraction of sp³-hybridized carbons (Fsp3) is 0.600. The Balaban J connectivity index is 1.88. The first-order chi connectivity index (χ1) is 9.98. The molecule has 0 aromatic heterocycles. The molecule has 0 radical (unpaired) electrons. The molecule has 0 amide bonds. The molecule has 0 N–H and O–H groups in total. The zero-order valence-electron chi connectivity index (χ0n) is 12.4. The number of ether oxygens (including phenoxy) is 2. The lowest BCUT2D eigenvalue weighted by Crippen LogP contribution is -2.42. The molecule has 2 atom stereocenters. The van der Waals surface area contributed by atoms with E-state index in [4.69, 9.17) is 9.47 Å².